The molecular formula is C9H20N2O. The van der Waals surface area contributed by atoms with E-state index in [0.717, 1.165) is 32.1 Å². The van der Waals surface area contributed by atoms with Crippen LogP contribution < -0.4 is 5.32 Å². The van der Waals surface area contributed by atoms with Crippen LogP contribution in [0.1, 0.15) is 19.3 Å². The lowest BCUT2D eigenvalue weighted by molar-refractivity contribution is 0.281. The Kier molecular flexibility index (Phi) is 4.58. The van der Waals surface area contributed by atoms with Gasteiger partial charge in [-0.3, -0.25) is 0 Å². The van der Waals surface area contributed by atoms with Gasteiger partial charge in [0.15, 0.2) is 0 Å². The van der Waals surface area contributed by atoms with Crippen molar-refractivity contribution in [1.29, 1.82) is 0 Å². The molecule has 0 aliphatic heterocycles. The first-order chi connectivity index (χ1) is 5.84. The van der Waals surface area contributed by atoms with Crippen molar-refractivity contribution in [1.82, 2.24) is 10.2 Å². The quantitative estimate of drug-likeness (QED) is 0.533. The highest BCUT2D eigenvalue weighted by Crippen LogP contribution is 2.24. The summed E-state index contributed by atoms with van der Waals surface area (Å²) in [5, 5.41) is 11.8. The van der Waals surface area contributed by atoms with E-state index in [9.17, 15) is 0 Å². The molecule has 1 fully saturated rings. The second-order valence-corrected chi connectivity index (χ2v) is 3.54. The van der Waals surface area contributed by atoms with E-state index < -0.39 is 0 Å². The van der Waals surface area contributed by atoms with Gasteiger partial charge in [0.05, 0.1) is 0 Å². The Bertz CT molecular complexity index is 115. The predicted molar refractivity (Wildman–Crippen MR) is 50.2 cm³/mol. The molecule has 12 heavy (non-hydrogen) atoms. The van der Waals surface area contributed by atoms with Crippen LogP contribution in [0.3, 0.4) is 0 Å². The lowest BCUT2D eigenvalue weighted by Crippen LogP contribution is -2.31. The van der Waals surface area contributed by atoms with Crippen molar-refractivity contribution in [3.8, 4) is 0 Å². The third-order valence-corrected chi connectivity index (χ3v) is 2.32. The molecule has 3 heteroatoms. The number of nitrogens with one attached hydrogen (secondary N) is 1. The molecule has 0 aromatic rings. The zero-order valence-corrected chi connectivity index (χ0v) is 7.92. The van der Waals surface area contributed by atoms with Crippen molar-refractivity contribution >= 4 is 0 Å². The van der Waals surface area contributed by atoms with E-state index in [0.29, 0.717) is 6.61 Å². The van der Waals surface area contributed by atoms with Crippen molar-refractivity contribution in [2.24, 2.45) is 0 Å². The van der Waals surface area contributed by atoms with E-state index in [4.69, 9.17) is 5.11 Å². The molecule has 1 rings (SSSR count). The van der Waals surface area contributed by atoms with Crippen molar-refractivity contribution in [2.75, 3.05) is 33.3 Å². The highest BCUT2D eigenvalue weighted by molar-refractivity contribution is 4.82. The minimum absolute atomic E-state index is 0.297. The molecule has 3 nitrogen and oxygen atoms in total. The van der Waals surface area contributed by atoms with Crippen molar-refractivity contribution in [3.05, 3.63) is 0 Å². The zero-order chi connectivity index (χ0) is 8.81. The van der Waals surface area contributed by atoms with Gasteiger partial charge in [-0.25, -0.2) is 0 Å². The van der Waals surface area contributed by atoms with Crippen LogP contribution >= 0.6 is 0 Å². The van der Waals surface area contributed by atoms with Gasteiger partial charge in [-0.15, -0.1) is 0 Å². The van der Waals surface area contributed by atoms with E-state index >= 15 is 0 Å². The molecule has 0 atom stereocenters. The number of nitrogens with zero attached hydrogens (tertiary/aromatic N) is 1. The number of hydrogen-bond donors (Lipinski definition) is 2. The Labute approximate surface area is 74.8 Å². The summed E-state index contributed by atoms with van der Waals surface area (Å²) in [6.07, 6.45) is 3.63. The molecule has 0 radical (unpaired) electrons. The summed E-state index contributed by atoms with van der Waals surface area (Å²) in [6.45, 7) is 3.42. The molecule has 2 N–H and O–H groups in total. The van der Waals surface area contributed by atoms with Gasteiger partial charge in [0, 0.05) is 25.7 Å². The molecule has 0 spiro atoms. The van der Waals surface area contributed by atoms with Gasteiger partial charge in [-0.1, -0.05) is 0 Å². The van der Waals surface area contributed by atoms with Gasteiger partial charge in [0.25, 0.3) is 0 Å². The summed E-state index contributed by atoms with van der Waals surface area (Å²) in [5.41, 5.74) is 0. The number of rotatable bonds is 7. The van der Waals surface area contributed by atoms with Gasteiger partial charge in [0.1, 0.15) is 0 Å². The third-order valence-electron chi connectivity index (χ3n) is 2.32. The minimum Gasteiger partial charge on any atom is -0.396 e. The van der Waals surface area contributed by atoms with E-state index in [1.54, 1.807) is 0 Å². The Balaban J connectivity index is 1.81. The van der Waals surface area contributed by atoms with Gasteiger partial charge in [-0.2, -0.15) is 0 Å². The summed E-state index contributed by atoms with van der Waals surface area (Å²) in [5.74, 6) is 0. The van der Waals surface area contributed by atoms with Gasteiger partial charge >= 0.3 is 0 Å². The summed E-state index contributed by atoms with van der Waals surface area (Å²) in [7, 11) is 2.19. The predicted octanol–water partition coefficient (Wildman–Crippen LogP) is 0.0526. The highest BCUT2D eigenvalue weighted by atomic mass is 16.3. The fourth-order valence-corrected chi connectivity index (χ4v) is 1.28. The van der Waals surface area contributed by atoms with Crippen LogP contribution in [-0.2, 0) is 0 Å². The molecule has 1 aliphatic rings. The van der Waals surface area contributed by atoms with Crippen LogP contribution in [0, 0.1) is 0 Å². The van der Waals surface area contributed by atoms with E-state index in [2.05, 4.69) is 17.3 Å². The number of aliphatic hydroxyl groups is 1. The molecule has 1 aliphatic carbocycles. The van der Waals surface area contributed by atoms with Crippen LogP contribution in [0.4, 0.5) is 0 Å². The maximum Gasteiger partial charge on any atom is 0.0443 e. The molecule has 0 unspecified atom stereocenters. The largest absolute Gasteiger partial charge is 0.396 e. The summed E-state index contributed by atoms with van der Waals surface area (Å²) in [4.78, 5) is 2.41. The van der Waals surface area contributed by atoms with Gasteiger partial charge in [-0.05, 0) is 32.9 Å². The van der Waals surface area contributed by atoms with E-state index in [1.807, 2.05) is 0 Å². The lowest BCUT2D eigenvalue weighted by Gasteiger charge is -2.15. The number of aliphatic hydroxyl groups excluding tert-OH is 1. The molecule has 0 amide bonds. The van der Waals surface area contributed by atoms with Crippen LogP contribution in [-0.4, -0.2) is 49.3 Å². The summed E-state index contributed by atoms with van der Waals surface area (Å²) >= 11 is 0. The third kappa shape index (κ3) is 4.04. The van der Waals surface area contributed by atoms with Crippen LogP contribution in [0.15, 0.2) is 0 Å². The summed E-state index contributed by atoms with van der Waals surface area (Å²) < 4.78 is 0. The lowest BCUT2D eigenvalue weighted by atomic mass is 10.4. The Morgan fingerprint density at radius 1 is 1.42 bits per heavy atom. The zero-order valence-electron chi connectivity index (χ0n) is 7.92. The van der Waals surface area contributed by atoms with Crippen molar-refractivity contribution < 1.29 is 5.11 Å². The normalized spacial score (nSPS) is 17.2. The van der Waals surface area contributed by atoms with E-state index in [-0.39, 0.29) is 0 Å². The second-order valence-electron chi connectivity index (χ2n) is 3.54. The second kappa shape index (κ2) is 5.51. The topological polar surface area (TPSA) is 35.5 Å². The molecule has 72 valence electrons. The van der Waals surface area contributed by atoms with Gasteiger partial charge in [0.2, 0.25) is 0 Å². The van der Waals surface area contributed by atoms with Crippen LogP contribution in [0.5, 0.6) is 0 Å². The Morgan fingerprint density at radius 2 is 2.17 bits per heavy atom. The molecule has 0 aromatic heterocycles. The fraction of sp³-hybridized carbons (Fsp3) is 1.00. The van der Waals surface area contributed by atoms with Crippen LogP contribution in [0.2, 0.25) is 0 Å². The van der Waals surface area contributed by atoms with Crippen LogP contribution in [0.25, 0.3) is 0 Å². The van der Waals surface area contributed by atoms with Crippen molar-refractivity contribution in [3.63, 3.8) is 0 Å². The molecule has 0 saturated heterocycles. The van der Waals surface area contributed by atoms with E-state index in [1.165, 1.54) is 12.8 Å². The number of hydrogen-bond acceptors (Lipinski definition) is 3. The maximum atomic E-state index is 8.52. The molecular weight excluding hydrogens is 152 g/mol. The first-order valence-corrected chi connectivity index (χ1v) is 4.86. The molecule has 0 bridgehead atoms. The molecule has 1 saturated carbocycles. The fourth-order valence-electron chi connectivity index (χ4n) is 1.28. The van der Waals surface area contributed by atoms with Crippen molar-refractivity contribution in [2.45, 2.75) is 25.3 Å². The first-order valence-electron chi connectivity index (χ1n) is 4.86. The monoisotopic (exact) mass is 172 g/mol. The standard InChI is InChI=1S/C9H20N2O/c1-11(9-3-4-9)7-6-10-5-2-8-12/h9-10,12H,2-8H2,1H3. The molecule has 0 heterocycles. The summed E-state index contributed by atoms with van der Waals surface area (Å²) in [6, 6.07) is 0.865. The smallest absolute Gasteiger partial charge is 0.0443 e. The Hall–Kier alpha value is -0.120. The first kappa shape index (κ1) is 9.96. The maximum absolute atomic E-state index is 8.52. The SMILES string of the molecule is CN(CCNCCCO)C1CC1. The highest BCUT2D eigenvalue weighted by Gasteiger charge is 2.25. The molecule has 0 aromatic carbocycles. The average Bonchev–Trinajstić information content (AvgIpc) is 2.86. The number of likely N-dealkylation sites (N-methyl/N-ethyl adjacent to an activating group) is 1. The van der Waals surface area contributed by atoms with Gasteiger partial charge < -0.3 is 15.3 Å². The average molecular weight is 172 g/mol. The Morgan fingerprint density at radius 3 is 2.75 bits per heavy atom. The minimum atomic E-state index is 0.297.